The molecule has 0 bridgehead atoms. The summed E-state index contributed by atoms with van der Waals surface area (Å²) in [5.74, 6) is 1.29. The van der Waals surface area contributed by atoms with Crippen LogP contribution in [-0.2, 0) is 6.54 Å². The fourth-order valence-electron chi connectivity index (χ4n) is 4.55. The molecule has 3 heterocycles. The summed E-state index contributed by atoms with van der Waals surface area (Å²) in [7, 11) is 3.59. The van der Waals surface area contributed by atoms with E-state index >= 15 is 0 Å². The van der Waals surface area contributed by atoms with E-state index in [0.29, 0.717) is 29.7 Å². The first-order valence-electron chi connectivity index (χ1n) is 10.8. The molecule has 33 heavy (non-hydrogen) atoms. The lowest BCUT2D eigenvalue weighted by molar-refractivity contribution is -0.692. The van der Waals surface area contributed by atoms with Gasteiger partial charge in [0.15, 0.2) is 6.04 Å². The van der Waals surface area contributed by atoms with E-state index in [4.69, 9.17) is 16.3 Å². The van der Waals surface area contributed by atoms with Crippen molar-refractivity contribution in [3.05, 3.63) is 106 Å². The van der Waals surface area contributed by atoms with Crippen molar-refractivity contribution in [1.82, 2.24) is 9.55 Å². The van der Waals surface area contributed by atoms with Gasteiger partial charge in [-0.3, -0.25) is 4.90 Å². The fraction of sp³-hybridized carbons (Fsp3) is 0.192. The molecule has 5 rings (SSSR count). The van der Waals surface area contributed by atoms with Crippen LogP contribution in [0.2, 0.25) is 5.15 Å². The molecule has 4 aromatic rings. The lowest BCUT2D eigenvalue weighted by Crippen LogP contribution is -2.55. The molecule has 0 saturated carbocycles. The average molecular weight is 460 g/mol. The Hall–Kier alpha value is -3.64. The zero-order valence-electron chi connectivity index (χ0n) is 18.5. The summed E-state index contributed by atoms with van der Waals surface area (Å²) in [5.41, 5.74) is 3.10. The Kier molecular flexibility index (Phi) is 5.60. The van der Waals surface area contributed by atoms with Crippen LogP contribution in [0.3, 0.4) is 0 Å². The summed E-state index contributed by atoms with van der Waals surface area (Å²) in [6, 6.07) is 25.1. The van der Waals surface area contributed by atoms with Gasteiger partial charge in [0, 0.05) is 0 Å². The number of pyridine rings is 1. The van der Waals surface area contributed by atoms with Gasteiger partial charge in [0.1, 0.15) is 23.8 Å². The molecule has 0 aliphatic carbocycles. The van der Waals surface area contributed by atoms with Gasteiger partial charge in [0.05, 0.1) is 19.9 Å². The zero-order chi connectivity index (χ0) is 22.9. The van der Waals surface area contributed by atoms with Gasteiger partial charge in [-0.2, -0.15) is 9.13 Å². The Labute approximate surface area is 197 Å². The van der Waals surface area contributed by atoms with E-state index in [2.05, 4.69) is 14.5 Å². The number of fused-ring (bicyclic) bond motifs is 1. The number of methoxy groups -OCH3 is 1. The molecule has 1 aliphatic rings. The number of likely N-dealkylation sites (N-methyl/N-ethyl adjacent to an activating group) is 1. The summed E-state index contributed by atoms with van der Waals surface area (Å²) < 4.78 is 9.82. The fourth-order valence-corrected chi connectivity index (χ4v) is 4.72. The van der Waals surface area contributed by atoms with Gasteiger partial charge in [0.25, 0.3) is 5.88 Å². The summed E-state index contributed by atoms with van der Waals surface area (Å²) >= 11 is 6.23. The molecule has 166 valence electrons. The number of hydrogen-bond donors (Lipinski definition) is 0. The second-order valence-corrected chi connectivity index (χ2v) is 8.47. The van der Waals surface area contributed by atoms with Crippen LogP contribution in [0.1, 0.15) is 17.3 Å². The molecular formula is C26H24ClN4O2+. The number of benzene rings is 2. The second kappa shape index (κ2) is 8.71. The van der Waals surface area contributed by atoms with E-state index in [1.54, 1.807) is 13.2 Å². The molecule has 1 unspecified atom stereocenters. The van der Waals surface area contributed by atoms with Gasteiger partial charge in [-0.1, -0.05) is 78.3 Å². The topological polar surface area (TPSA) is 51.2 Å². The maximum Gasteiger partial charge on any atom is 0.366 e. The maximum atomic E-state index is 14.0. The molecule has 0 N–H and O–H groups in total. The number of halogens is 1. The molecule has 6 nitrogen and oxygen atoms in total. The minimum absolute atomic E-state index is 0.0975. The van der Waals surface area contributed by atoms with E-state index < -0.39 is 0 Å². The monoisotopic (exact) mass is 459 g/mol. The molecule has 1 aliphatic heterocycles. The molecule has 7 heteroatoms. The van der Waals surface area contributed by atoms with Gasteiger partial charge >= 0.3 is 11.5 Å². The van der Waals surface area contributed by atoms with Crippen molar-refractivity contribution in [2.45, 2.75) is 12.6 Å². The largest absolute Gasteiger partial charge is 0.471 e. The number of nitrogens with zero attached hydrogens (tertiary/aromatic N) is 4. The van der Waals surface area contributed by atoms with E-state index in [0.717, 1.165) is 22.8 Å². The van der Waals surface area contributed by atoms with E-state index in [1.807, 2.05) is 84.4 Å². The van der Waals surface area contributed by atoms with Crippen LogP contribution in [0, 0.1) is 0 Å². The number of anilines is 1. The third kappa shape index (κ3) is 3.76. The Balaban J connectivity index is 1.82. The number of ether oxygens (including phenoxy) is 1. The minimum Gasteiger partial charge on any atom is -0.471 e. The highest BCUT2D eigenvalue weighted by molar-refractivity contribution is 6.29. The van der Waals surface area contributed by atoms with Crippen LogP contribution in [-0.4, -0.2) is 30.3 Å². The standard InChI is InChI=1S/C26H24ClN4O2/c1-29-17-21(20-14-9-15-22(27)28-20)31-25(33-2)23(19-12-7-4-8-13-19)24(32)30(26(29)31)16-18-10-5-3-6-11-18/h3-15,21H,16-17H2,1-2H3/q+1. The molecular weight excluding hydrogens is 436 g/mol. The first-order valence-corrected chi connectivity index (χ1v) is 11.2. The van der Waals surface area contributed by atoms with Crippen LogP contribution in [0.25, 0.3) is 11.1 Å². The Morgan fingerprint density at radius 1 is 1.03 bits per heavy atom. The van der Waals surface area contributed by atoms with Crippen LogP contribution >= 0.6 is 11.6 Å². The number of rotatable bonds is 5. The van der Waals surface area contributed by atoms with Gasteiger partial charge in [-0.25, -0.2) is 9.78 Å². The van der Waals surface area contributed by atoms with Crippen LogP contribution in [0.5, 0.6) is 5.88 Å². The predicted molar refractivity (Wildman–Crippen MR) is 129 cm³/mol. The van der Waals surface area contributed by atoms with E-state index in [1.165, 1.54) is 0 Å². The number of aromatic nitrogens is 3. The van der Waals surface area contributed by atoms with Crippen molar-refractivity contribution in [2.24, 2.45) is 0 Å². The first-order chi connectivity index (χ1) is 16.1. The van der Waals surface area contributed by atoms with Crippen molar-refractivity contribution in [3.63, 3.8) is 0 Å². The Morgan fingerprint density at radius 3 is 2.39 bits per heavy atom. The highest BCUT2D eigenvalue weighted by Gasteiger charge is 2.43. The highest BCUT2D eigenvalue weighted by Crippen LogP contribution is 2.38. The summed E-state index contributed by atoms with van der Waals surface area (Å²) in [6.07, 6.45) is 0. The molecule has 0 fully saturated rings. The summed E-state index contributed by atoms with van der Waals surface area (Å²) in [6.45, 7) is 1.08. The van der Waals surface area contributed by atoms with Crippen LogP contribution in [0.4, 0.5) is 5.95 Å². The lowest BCUT2D eigenvalue weighted by Gasteiger charge is -2.17. The van der Waals surface area contributed by atoms with Crippen molar-refractivity contribution in [3.8, 4) is 17.0 Å². The maximum absolute atomic E-state index is 14.0. The first kappa shape index (κ1) is 21.2. The van der Waals surface area contributed by atoms with Gasteiger partial charge in [0.2, 0.25) is 0 Å². The van der Waals surface area contributed by atoms with Crippen molar-refractivity contribution in [1.29, 1.82) is 0 Å². The predicted octanol–water partition coefficient (Wildman–Crippen LogP) is 3.95. The second-order valence-electron chi connectivity index (χ2n) is 8.08. The van der Waals surface area contributed by atoms with Gasteiger partial charge in [-0.15, -0.1) is 0 Å². The van der Waals surface area contributed by atoms with Gasteiger partial charge < -0.3 is 4.74 Å². The normalized spacial score (nSPS) is 14.9. The van der Waals surface area contributed by atoms with Crippen molar-refractivity contribution < 1.29 is 9.30 Å². The molecule has 2 aromatic heterocycles. The van der Waals surface area contributed by atoms with Crippen molar-refractivity contribution >= 4 is 17.5 Å². The molecule has 2 aromatic carbocycles. The third-order valence-corrected chi connectivity index (χ3v) is 6.18. The zero-order valence-corrected chi connectivity index (χ0v) is 19.2. The van der Waals surface area contributed by atoms with Crippen molar-refractivity contribution in [2.75, 3.05) is 25.6 Å². The SMILES string of the molecule is COc1c(-c2ccccc2)c(=O)[n+](Cc2ccccc2)c2n1C(c1cccc(Cl)n1)CN2C. The number of hydrogen-bond acceptors (Lipinski definition) is 4. The van der Waals surface area contributed by atoms with Gasteiger partial charge in [-0.05, 0) is 23.3 Å². The third-order valence-electron chi connectivity index (χ3n) is 5.97. The molecule has 0 saturated heterocycles. The summed E-state index contributed by atoms with van der Waals surface area (Å²) in [4.78, 5) is 20.6. The lowest BCUT2D eigenvalue weighted by atomic mass is 10.1. The Morgan fingerprint density at radius 2 is 1.73 bits per heavy atom. The highest BCUT2D eigenvalue weighted by atomic mass is 35.5. The van der Waals surface area contributed by atoms with Crippen LogP contribution in [0.15, 0.2) is 83.7 Å². The molecule has 0 radical (unpaired) electrons. The molecule has 1 atom stereocenters. The van der Waals surface area contributed by atoms with Crippen LogP contribution < -0.4 is 19.8 Å². The quantitative estimate of drug-likeness (QED) is 0.335. The average Bonchev–Trinajstić information content (AvgIpc) is 3.18. The minimum atomic E-state index is -0.163. The van der Waals surface area contributed by atoms with E-state index in [9.17, 15) is 4.79 Å². The summed E-state index contributed by atoms with van der Waals surface area (Å²) in [5, 5.41) is 0.434. The Bertz CT molecular complexity index is 1360. The molecule has 0 amide bonds. The smallest absolute Gasteiger partial charge is 0.366 e. The van der Waals surface area contributed by atoms with E-state index in [-0.39, 0.29) is 11.6 Å². The molecule has 0 spiro atoms.